The predicted octanol–water partition coefficient (Wildman–Crippen LogP) is 3.38. The van der Waals surface area contributed by atoms with Crippen molar-refractivity contribution in [1.29, 1.82) is 0 Å². The van der Waals surface area contributed by atoms with Crippen LogP contribution < -0.4 is 14.8 Å². The third-order valence-electron chi connectivity index (χ3n) is 4.99. The zero-order chi connectivity index (χ0) is 22.5. The van der Waals surface area contributed by atoms with E-state index < -0.39 is 10.0 Å². The Morgan fingerprint density at radius 1 is 0.933 bits per heavy atom. The smallest absolute Gasteiger partial charge is 0.257 e. The van der Waals surface area contributed by atoms with Gasteiger partial charge in [-0.05, 0) is 60.6 Å². The number of sulfonamides is 1. The average Bonchev–Trinajstić information content (AvgIpc) is 2.67. The number of amides is 1. The van der Waals surface area contributed by atoms with Gasteiger partial charge in [-0.25, -0.2) is 13.1 Å². The molecule has 0 radical (unpaired) electrons. The summed E-state index contributed by atoms with van der Waals surface area (Å²) >= 11 is 0. The maximum Gasteiger partial charge on any atom is 0.257 e. The summed E-state index contributed by atoms with van der Waals surface area (Å²) in [4.78, 5) is 12.2. The largest absolute Gasteiger partial charge is 0.483 e. The van der Waals surface area contributed by atoms with Gasteiger partial charge < -0.3 is 10.1 Å². The zero-order valence-corrected chi connectivity index (χ0v) is 19.4. The summed E-state index contributed by atoms with van der Waals surface area (Å²) in [5.74, 6) is 0.411. The quantitative estimate of drug-likeness (QED) is 0.627. The van der Waals surface area contributed by atoms with Crippen LogP contribution in [0.1, 0.15) is 43.0 Å². The molecule has 164 valence electrons. The van der Waals surface area contributed by atoms with Gasteiger partial charge >= 0.3 is 0 Å². The fraction of sp³-hybridized carbons (Fsp3) is 0.435. The normalized spacial score (nSPS) is 11.9. The minimum atomic E-state index is -3.62. The first kappa shape index (κ1) is 23.9. The van der Waals surface area contributed by atoms with Crippen molar-refractivity contribution in [2.24, 2.45) is 0 Å². The predicted molar refractivity (Wildman–Crippen MR) is 119 cm³/mol. The van der Waals surface area contributed by atoms with Crippen molar-refractivity contribution < 1.29 is 17.9 Å². The van der Waals surface area contributed by atoms with Gasteiger partial charge in [0.2, 0.25) is 10.0 Å². The molecule has 0 saturated carbocycles. The summed E-state index contributed by atoms with van der Waals surface area (Å²) in [6.45, 7) is 12.2. The van der Waals surface area contributed by atoms with Crippen LogP contribution in [-0.2, 0) is 20.2 Å². The number of carbonyl (C=O) groups is 1. The van der Waals surface area contributed by atoms with Crippen LogP contribution in [0, 0.1) is 20.8 Å². The molecule has 0 spiro atoms. The van der Waals surface area contributed by atoms with Crippen molar-refractivity contribution in [2.75, 3.05) is 19.7 Å². The maximum absolute atomic E-state index is 12.4. The lowest BCUT2D eigenvalue weighted by Crippen LogP contribution is -2.36. The molecule has 6 nitrogen and oxygen atoms in total. The van der Waals surface area contributed by atoms with Gasteiger partial charge in [0.05, 0.1) is 4.90 Å². The SMILES string of the molecule is Cc1ccc(C)c(OCC(=O)NCCNS(=O)(=O)c2ccc(C(C)(C)C)cc2)c1C. The van der Waals surface area contributed by atoms with Gasteiger partial charge in [-0.15, -0.1) is 0 Å². The topological polar surface area (TPSA) is 84.5 Å². The highest BCUT2D eigenvalue weighted by Gasteiger charge is 2.17. The van der Waals surface area contributed by atoms with E-state index in [1.807, 2.05) is 45.0 Å². The summed E-state index contributed by atoms with van der Waals surface area (Å²) < 4.78 is 33.0. The highest BCUT2D eigenvalue weighted by Crippen LogP contribution is 2.25. The molecule has 0 aliphatic heterocycles. The summed E-state index contributed by atoms with van der Waals surface area (Å²) in [7, 11) is -3.62. The molecular formula is C23H32N2O4S. The van der Waals surface area contributed by atoms with E-state index in [0.29, 0.717) is 5.75 Å². The Bertz CT molecular complexity index is 991. The second-order valence-electron chi connectivity index (χ2n) is 8.46. The molecule has 0 fully saturated rings. The van der Waals surface area contributed by atoms with E-state index in [-0.39, 0.29) is 35.9 Å². The van der Waals surface area contributed by atoms with E-state index in [1.165, 1.54) is 0 Å². The maximum atomic E-state index is 12.4. The van der Waals surface area contributed by atoms with E-state index in [0.717, 1.165) is 22.3 Å². The van der Waals surface area contributed by atoms with Crippen LogP contribution in [-0.4, -0.2) is 34.0 Å². The molecule has 0 heterocycles. The van der Waals surface area contributed by atoms with Gasteiger partial charge in [0, 0.05) is 13.1 Å². The highest BCUT2D eigenvalue weighted by molar-refractivity contribution is 7.89. The van der Waals surface area contributed by atoms with Crippen molar-refractivity contribution in [3.05, 3.63) is 58.7 Å². The lowest BCUT2D eigenvalue weighted by molar-refractivity contribution is -0.123. The Balaban J connectivity index is 1.81. The molecule has 0 bridgehead atoms. The van der Waals surface area contributed by atoms with Crippen LogP contribution >= 0.6 is 0 Å². The third-order valence-corrected chi connectivity index (χ3v) is 6.47. The molecule has 2 rings (SSSR count). The Labute approximate surface area is 180 Å². The first-order valence-electron chi connectivity index (χ1n) is 9.98. The Kier molecular flexibility index (Phi) is 7.66. The van der Waals surface area contributed by atoms with Crippen molar-refractivity contribution in [2.45, 2.75) is 51.9 Å². The van der Waals surface area contributed by atoms with Gasteiger partial charge in [0.1, 0.15) is 5.75 Å². The van der Waals surface area contributed by atoms with Gasteiger partial charge in [-0.3, -0.25) is 4.79 Å². The lowest BCUT2D eigenvalue weighted by Gasteiger charge is -2.19. The second kappa shape index (κ2) is 9.62. The monoisotopic (exact) mass is 432 g/mol. The first-order chi connectivity index (χ1) is 13.9. The minimum absolute atomic E-state index is 0.0440. The molecule has 0 saturated heterocycles. The number of nitrogens with one attached hydrogen (secondary N) is 2. The molecule has 0 unspecified atom stereocenters. The number of hydrogen-bond donors (Lipinski definition) is 2. The van der Waals surface area contributed by atoms with E-state index in [9.17, 15) is 13.2 Å². The van der Waals surface area contributed by atoms with E-state index in [4.69, 9.17) is 4.74 Å². The lowest BCUT2D eigenvalue weighted by atomic mass is 9.87. The van der Waals surface area contributed by atoms with Crippen LogP contribution in [0.15, 0.2) is 41.3 Å². The molecule has 0 aliphatic rings. The van der Waals surface area contributed by atoms with E-state index in [2.05, 4.69) is 30.8 Å². The van der Waals surface area contributed by atoms with Crippen LogP contribution in [0.3, 0.4) is 0 Å². The van der Waals surface area contributed by atoms with Gasteiger partial charge in [-0.1, -0.05) is 45.0 Å². The van der Waals surface area contributed by atoms with Crippen molar-refractivity contribution in [3.8, 4) is 5.75 Å². The molecular weight excluding hydrogens is 400 g/mol. The Morgan fingerprint density at radius 3 is 2.13 bits per heavy atom. The number of ether oxygens (including phenoxy) is 1. The Morgan fingerprint density at radius 2 is 1.53 bits per heavy atom. The van der Waals surface area contributed by atoms with Gasteiger partial charge in [0.25, 0.3) is 5.91 Å². The molecule has 2 N–H and O–H groups in total. The number of aryl methyl sites for hydroxylation is 2. The molecule has 0 aromatic heterocycles. The fourth-order valence-electron chi connectivity index (χ4n) is 2.94. The first-order valence-corrected chi connectivity index (χ1v) is 11.5. The van der Waals surface area contributed by atoms with Crippen molar-refractivity contribution in [1.82, 2.24) is 10.0 Å². The van der Waals surface area contributed by atoms with Gasteiger partial charge in [-0.2, -0.15) is 0 Å². The standard InChI is InChI=1S/C23H32N2O4S/c1-16-7-8-17(2)22(18(16)3)29-15-21(26)24-13-14-25-30(27,28)20-11-9-19(10-12-20)23(4,5)6/h7-12,25H,13-15H2,1-6H3,(H,24,26). The molecule has 2 aromatic rings. The second-order valence-corrected chi connectivity index (χ2v) is 10.2. The summed E-state index contributed by atoms with van der Waals surface area (Å²) in [6, 6.07) is 10.8. The summed E-state index contributed by atoms with van der Waals surface area (Å²) in [5.41, 5.74) is 4.09. The van der Waals surface area contributed by atoms with Crippen LogP contribution in [0.4, 0.5) is 0 Å². The number of carbonyl (C=O) groups excluding carboxylic acids is 1. The van der Waals surface area contributed by atoms with Gasteiger partial charge in [0.15, 0.2) is 6.61 Å². The van der Waals surface area contributed by atoms with E-state index in [1.54, 1.807) is 12.1 Å². The van der Waals surface area contributed by atoms with E-state index >= 15 is 0 Å². The Hall–Kier alpha value is -2.38. The third kappa shape index (κ3) is 6.31. The van der Waals surface area contributed by atoms with Crippen molar-refractivity contribution >= 4 is 15.9 Å². The van der Waals surface area contributed by atoms with Crippen LogP contribution in [0.25, 0.3) is 0 Å². The molecule has 2 aromatic carbocycles. The fourth-order valence-corrected chi connectivity index (χ4v) is 3.97. The molecule has 0 aliphatic carbocycles. The zero-order valence-electron chi connectivity index (χ0n) is 18.6. The summed E-state index contributed by atoms with van der Waals surface area (Å²) in [5, 5.41) is 2.67. The molecule has 30 heavy (non-hydrogen) atoms. The number of rotatable bonds is 8. The van der Waals surface area contributed by atoms with Crippen LogP contribution in [0.5, 0.6) is 5.75 Å². The molecule has 1 amide bonds. The number of benzene rings is 2. The highest BCUT2D eigenvalue weighted by atomic mass is 32.2. The number of hydrogen-bond acceptors (Lipinski definition) is 4. The van der Waals surface area contributed by atoms with Crippen molar-refractivity contribution in [3.63, 3.8) is 0 Å². The summed E-state index contributed by atoms with van der Waals surface area (Å²) in [6.07, 6.45) is 0. The van der Waals surface area contributed by atoms with Crippen LogP contribution in [0.2, 0.25) is 0 Å². The average molecular weight is 433 g/mol. The minimum Gasteiger partial charge on any atom is -0.483 e. The molecule has 0 atom stereocenters. The molecule has 7 heteroatoms.